The van der Waals surface area contributed by atoms with Crippen molar-refractivity contribution in [3.05, 3.63) is 73.9 Å². The van der Waals surface area contributed by atoms with Crippen molar-refractivity contribution in [3.8, 4) is 11.4 Å². The van der Waals surface area contributed by atoms with Gasteiger partial charge in [0.25, 0.3) is 11.1 Å². The van der Waals surface area contributed by atoms with Gasteiger partial charge in [-0.3, -0.25) is 9.59 Å². The molecule has 0 saturated carbocycles. The van der Waals surface area contributed by atoms with E-state index >= 15 is 4.39 Å². The average Bonchev–Trinajstić information content (AvgIpc) is 3.19. The van der Waals surface area contributed by atoms with Crippen LogP contribution in [-0.2, 0) is 29.7 Å². The number of pyridine rings is 1. The third-order valence-corrected chi connectivity index (χ3v) is 7.07. The van der Waals surface area contributed by atoms with Crippen LogP contribution in [-0.4, -0.2) is 30.8 Å². The SMILES string of the molecule is C[C@@H](CCCn1ccc2cc(-c3nc(N)c4c(n3)C(C)(C)OC4)c(F)cc2c1=O)Nc1cn[nH]c(=O)c1C(F)(F)F. The molecule has 4 heterocycles. The number of alkyl halides is 3. The minimum atomic E-state index is -4.85. The molecule has 0 saturated heterocycles. The van der Waals surface area contributed by atoms with Crippen LogP contribution < -0.4 is 22.2 Å². The Kier molecular flexibility index (Phi) is 7.05. The third-order valence-electron chi connectivity index (χ3n) is 7.07. The summed E-state index contributed by atoms with van der Waals surface area (Å²) in [4.78, 5) is 33.6. The van der Waals surface area contributed by atoms with Crippen molar-refractivity contribution >= 4 is 22.3 Å². The Morgan fingerprint density at radius 2 is 2.00 bits per heavy atom. The Balaban J connectivity index is 1.33. The van der Waals surface area contributed by atoms with Crippen LogP contribution in [0.5, 0.6) is 0 Å². The summed E-state index contributed by atoms with van der Waals surface area (Å²) >= 11 is 0. The molecule has 1 aliphatic heterocycles. The molecule has 0 amide bonds. The number of benzene rings is 1. The van der Waals surface area contributed by atoms with E-state index in [0.29, 0.717) is 29.5 Å². The molecule has 1 atom stereocenters. The first kappa shape index (κ1) is 28.2. The highest BCUT2D eigenvalue weighted by molar-refractivity contribution is 5.86. The summed E-state index contributed by atoms with van der Waals surface area (Å²) in [5, 5.41) is 8.54. The van der Waals surface area contributed by atoms with Crippen LogP contribution in [0.2, 0.25) is 0 Å². The van der Waals surface area contributed by atoms with Crippen molar-refractivity contribution in [3.63, 3.8) is 0 Å². The van der Waals surface area contributed by atoms with Gasteiger partial charge in [-0.15, -0.1) is 0 Å². The Hall–Kier alpha value is -4.33. The highest BCUT2D eigenvalue weighted by atomic mass is 19.4. The van der Waals surface area contributed by atoms with Gasteiger partial charge >= 0.3 is 6.18 Å². The molecular weight excluding hydrogens is 546 g/mol. The molecule has 1 aromatic carbocycles. The first-order valence-electron chi connectivity index (χ1n) is 12.8. The number of hydrogen-bond donors (Lipinski definition) is 3. The molecule has 41 heavy (non-hydrogen) atoms. The number of fused-ring (bicyclic) bond motifs is 2. The Bertz CT molecular complexity index is 1770. The van der Waals surface area contributed by atoms with E-state index in [1.165, 1.54) is 10.6 Å². The van der Waals surface area contributed by atoms with Crippen LogP contribution in [0.4, 0.5) is 29.1 Å². The molecule has 3 aromatic heterocycles. The number of nitrogens with two attached hydrogens (primary N) is 1. The number of halogens is 4. The first-order valence-corrected chi connectivity index (χ1v) is 12.8. The van der Waals surface area contributed by atoms with Gasteiger partial charge in [0, 0.05) is 24.3 Å². The van der Waals surface area contributed by atoms with Crippen LogP contribution in [0.3, 0.4) is 0 Å². The maximum absolute atomic E-state index is 15.3. The van der Waals surface area contributed by atoms with Gasteiger partial charge in [-0.25, -0.2) is 19.5 Å². The molecule has 4 N–H and O–H groups in total. The van der Waals surface area contributed by atoms with E-state index in [9.17, 15) is 22.8 Å². The monoisotopic (exact) mass is 573 g/mol. The van der Waals surface area contributed by atoms with Gasteiger partial charge in [-0.1, -0.05) is 0 Å². The number of nitrogen functional groups attached to an aromatic ring is 1. The zero-order chi connectivity index (χ0) is 29.7. The molecule has 216 valence electrons. The molecule has 1 aliphatic rings. The summed E-state index contributed by atoms with van der Waals surface area (Å²) in [6, 6.07) is 3.84. The van der Waals surface area contributed by atoms with E-state index < -0.39 is 46.0 Å². The summed E-state index contributed by atoms with van der Waals surface area (Å²) in [5.74, 6) is -0.387. The standard InChI is InChI=1S/C27H27F4N7O3/c1-13(34-19-11-33-37-24(39)20(19)27(29,30)31)5-4-7-38-8-6-14-9-16(18(28)10-15(14)25(38)40)23-35-21-17(22(32)36-23)12-41-26(21,2)3/h6,8-11,13H,4-5,7,12H2,1-3H3,(H2,32,35,36)(H2,34,37,39)/t13-/m0/s1. The summed E-state index contributed by atoms with van der Waals surface area (Å²) in [5.41, 5.74) is 3.22. The zero-order valence-electron chi connectivity index (χ0n) is 22.4. The Morgan fingerprint density at radius 1 is 1.24 bits per heavy atom. The van der Waals surface area contributed by atoms with Gasteiger partial charge in [0.15, 0.2) is 5.82 Å². The lowest BCUT2D eigenvalue weighted by molar-refractivity contribution is -0.138. The fourth-order valence-corrected chi connectivity index (χ4v) is 4.93. The average molecular weight is 574 g/mol. The van der Waals surface area contributed by atoms with E-state index in [4.69, 9.17) is 10.5 Å². The molecule has 0 unspecified atom stereocenters. The second-order valence-corrected chi connectivity index (χ2v) is 10.5. The van der Waals surface area contributed by atoms with Crippen molar-refractivity contribution in [1.82, 2.24) is 24.7 Å². The van der Waals surface area contributed by atoms with Crippen molar-refractivity contribution in [2.75, 3.05) is 11.1 Å². The number of aromatic amines is 1. The number of nitrogens with zero attached hydrogens (tertiary/aromatic N) is 4. The fraction of sp³-hybridized carbons (Fsp3) is 0.370. The van der Waals surface area contributed by atoms with E-state index in [0.717, 1.165) is 12.3 Å². The summed E-state index contributed by atoms with van der Waals surface area (Å²) in [6.07, 6.45) is -1.58. The van der Waals surface area contributed by atoms with Crippen molar-refractivity contribution in [2.45, 2.75) is 64.6 Å². The molecule has 0 radical (unpaired) electrons. The Labute approximate surface area is 230 Å². The van der Waals surface area contributed by atoms with Gasteiger partial charge in [-0.2, -0.15) is 18.3 Å². The molecule has 4 aromatic rings. The van der Waals surface area contributed by atoms with Crippen LogP contribution in [0.15, 0.2) is 40.2 Å². The number of anilines is 2. The number of ether oxygens (including phenoxy) is 1. The Morgan fingerprint density at radius 3 is 2.73 bits per heavy atom. The summed E-state index contributed by atoms with van der Waals surface area (Å²) < 4.78 is 62.3. The van der Waals surface area contributed by atoms with Crippen LogP contribution in [0.25, 0.3) is 22.2 Å². The number of aryl methyl sites for hydroxylation is 1. The first-order chi connectivity index (χ1) is 19.3. The van der Waals surface area contributed by atoms with Crippen molar-refractivity contribution in [2.24, 2.45) is 0 Å². The van der Waals surface area contributed by atoms with Gasteiger partial charge in [0.2, 0.25) is 0 Å². The van der Waals surface area contributed by atoms with Crippen molar-refractivity contribution in [1.29, 1.82) is 0 Å². The van der Waals surface area contributed by atoms with E-state index in [-0.39, 0.29) is 35.7 Å². The second-order valence-electron chi connectivity index (χ2n) is 10.5. The molecule has 5 rings (SSSR count). The quantitative estimate of drug-likeness (QED) is 0.278. The molecule has 14 heteroatoms. The lowest BCUT2D eigenvalue weighted by atomic mass is 10.0. The number of nitrogens with one attached hydrogen (secondary N) is 2. The lowest BCUT2D eigenvalue weighted by Gasteiger charge is -2.18. The van der Waals surface area contributed by atoms with Crippen LogP contribution in [0.1, 0.15) is 50.4 Å². The predicted molar refractivity (Wildman–Crippen MR) is 144 cm³/mol. The molecule has 0 fully saturated rings. The number of hydrogen-bond acceptors (Lipinski definition) is 8. The van der Waals surface area contributed by atoms with Gasteiger partial charge in [0.1, 0.15) is 22.8 Å². The number of H-pyrrole nitrogens is 1. The van der Waals surface area contributed by atoms with E-state index in [1.54, 1.807) is 24.3 Å². The van der Waals surface area contributed by atoms with Crippen LogP contribution in [0, 0.1) is 5.82 Å². The minimum absolute atomic E-state index is 0.0918. The normalized spacial score (nSPS) is 15.2. The van der Waals surface area contributed by atoms with Gasteiger partial charge in [0.05, 0.1) is 35.1 Å². The summed E-state index contributed by atoms with van der Waals surface area (Å²) in [7, 11) is 0. The maximum atomic E-state index is 15.3. The van der Waals surface area contributed by atoms with Crippen molar-refractivity contribution < 1.29 is 22.3 Å². The molecule has 0 aliphatic carbocycles. The molecule has 0 bridgehead atoms. The van der Waals surface area contributed by atoms with Crippen LogP contribution >= 0.6 is 0 Å². The zero-order valence-corrected chi connectivity index (χ0v) is 22.4. The molecular formula is C27H27F4N7O3. The highest BCUT2D eigenvalue weighted by Crippen LogP contribution is 2.38. The number of aromatic nitrogens is 5. The topological polar surface area (TPSA) is 141 Å². The van der Waals surface area contributed by atoms with E-state index in [2.05, 4.69) is 20.4 Å². The predicted octanol–water partition coefficient (Wildman–Crippen LogP) is 4.33. The number of rotatable bonds is 7. The highest BCUT2D eigenvalue weighted by Gasteiger charge is 2.38. The second kappa shape index (κ2) is 10.3. The lowest BCUT2D eigenvalue weighted by Crippen LogP contribution is -2.27. The van der Waals surface area contributed by atoms with Gasteiger partial charge in [-0.05, 0) is 57.2 Å². The summed E-state index contributed by atoms with van der Waals surface area (Å²) in [6.45, 7) is 5.84. The molecule has 0 spiro atoms. The smallest absolute Gasteiger partial charge is 0.383 e. The molecule has 10 nitrogen and oxygen atoms in total. The maximum Gasteiger partial charge on any atom is 0.423 e. The largest absolute Gasteiger partial charge is 0.423 e. The minimum Gasteiger partial charge on any atom is -0.383 e. The van der Waals surface area contributed by atoms with Gasteiger partial charge < -0.3 is 20.4 Å². The van der Waals surface area contributed by atoms with E-state index in [1.807, 2.05) is 13.8 Å². The third kappa shape index (κ3) is 5.38. The fourth-order valence-electron chi connectivity index (χ4n) is 4.93.